The number of imidazole rings is 1. The summed E-state index contributed by atoms with van der Waals surface area (Å²) in [5.74, 6) is -0.0463. The molecule has 156 valence electrons. The molecule has 0 spiro atoms. The maximum absolute atomic E-state index is 12.6. The second-order valence-corrected chi connectivity index (χ2v) is 7.50. The molecule has 1 amide bonds. The molecule has 1 aromatic heterocycles. The van der Waals surface area contributed by atoms with Crippen LogP contribution in [0.25, 0.3) is 0 Å². The third-order valence-corrected chi connectivity index (χ3v) is 5.49. The summed E-state index contributed by atoms with van der Waals surface area (Å²) >= 11 is 0. The number of anilines is 2. The molecule has 0 bridgehead atoms. The van der Waals surface area contributed by atoms with Gasteiger partial charge in [-0.1, -0.05) is 18.9 Å². The number of hydrogen-bond donors (Lipinski definition) is 1. The lowest BCUT2D eigenvalue weighted by atomic mass is 10.1. The predicted molar refractivity (Wildman–Crippen MR) is 113 cm³/mol. The third kappa shape index (κ3) is 5.59. The van der Waals surface area contributed by atoms with Gasteiger partial charge in [0.2, 0.25) is 5.91 Å². The van der Waals surface area contributed by atoms with Crippen molar-refractivity contribution in [2.75, 3.05) is 30.5 Å². The predicted octanol–water partition coefficient (Wildman–Crippen LogP) is 3.45. The first-order valence-corrected chi connectivity index (χ1v) is 10.3. The fraction of sp³-hybridized carbons (Fsp3) is 0.500. The number of nitrogens with zero attached hydrogens (tertiary/aromatic N) is 3. The summed E-state index contributed by atoms with van der Waals surface area (Å²) in [5.41, 5.74) is 4.52. The molecule has 1 N–H and O–H groups in total. The Balaban J connectivity index is 1.50. The minimum Gasteiger partial charge on any atom is -0.469 e. The number of esters is 1. The highest BCUT2D eigenvalue weighted by Gasteiger charge is 2.21. The topological polar surface area (TPSA) is 78.5 Å². The van der Waals surface area contributed by atoms with E-state index >= 15 is 0 Å². The number of aromatic nitrogens is 2. The van der Waals surface area contributed by atoms with Gasteiger partial charge in [-0.2, -0.15) is 0 Å². The Hall–Kier alpha value is -2.83. The van der Waals surface area contributed by atoms with E-state index in [0.29, 0.717) is 12.8 Å². The quantitative estimate of drug-likeness (QED) is 0.490. The number of hydrogen-bond acceptors (Lipinski definition) is 5. The van der Waals surface area contributed by atoms with Crippen LogP contribution in [-0.4, -0.2) is 42.5 Å². The second kappa shape index (κ2) is 10.1. The minimum atomic E-state index is -0.168. The van der Waals surface area contributed by atoms with Crippen molar-refractivity contribution in [1.29, 1.82) is 0 Å². The number of unbranched alkanes of at least 4 members (excludes halogenated alkanes) is 3. The highest BCUT2D eigenvalue weighted by molar-refractivity contribution is 5.93. The molecule has 29 heavy (non-hydrogen) atoms. The van der Waals surface area contributed by atoms with E-state index < -0.39 is 0 Å². The largest absolute Gasteiger partial charge is 0.469 e. The highest BCUT2D eigenvalue weighted by Crippen LogP contribution is 2.33. The monoisotopic (exact) mass is 398 g/mol. The summed E-state index contributed by atoms with van der Waals surface area (Å²) in [6, 6.07) is 6.29. The van der Waals surface area contributed by atoms with Gasteiger partial charge < -0.3 is 19.5 Å². The van der Waals surface area contributed by atoms with Crippen LogP contribution in [0.5, 0.6) is 0 Å². The Labute approximate surface area is 172 Å². The van der Waals surface area contributed by atoms with Gasteiger partial charge >= 0.3 is 5.97 Å². The van der Waals surface area contributed by atoms with E-state index in [1.807, 2.05) is 19.3 Å². The van der Waals surface area contributed by atoms with Crippen molar-refractivity contribution in [1.82, 2.24) is 9.97 Å². The van der Waals surface area contributed by atoms with Gasteiger partial charge in [0.15, 0.2) is 0 Å². The Kier molecular flexibility index (Phi) is 7.27. The highest BCUT2D eigenvalue weighted by atomic mass is 16.5. The Morgan fingerprint density at radius 2 is 2.00 bits per heavy atom. The zero-order chi connectivity index (χ0) is 20.6. The van der Waals surface area contributed by atoms with Crippen molar-refractivity contribution in [3.8, 4) is 0 Å². The molecule has 2 heterocycles. The van der Waals surface area contributed by atoms with Gasteiger partial charge in [0.1, 0.15) is 0 Å². The summed E-state index contributed by atoms with van der Waals surface area (Å²) < 4.78 is 4.64. The molecule has 0 fully saturated rings. The van der Waals surface area contributed by atoms with Crippen LogP contribution in [0.2, 0.25) is 0 Å². The van der Waals surface area contributed by atoms with Crippen molar-refractivity contribution in [3.05, 3.63) is 42.0 Å². The van der Waals surface area contributed by atoms with E-state index in [1.54, 1.807) is 11.2 Å². The van der Waals surface area contributed by atoms with E-state index in [4.69, 9.17) is 0 Å². The first-order valence-electron chi connectivity index (χ1n) is 10.3. The van der Waals surface area contributed by atoms with Crippen LogP contribution in [0.15, 0.2) is 30.7 Å². The van der Waals surface area contributed by atoms with Gasteiger partial charge in [-0.15, -0.1) is 0 Å². The number of aromatic amines is 1. The lowest BCUT2D eigenvalue weighted by molar-refractivity contribution is -0.140. The molecule has 1 aliphatic heterocycles. The van der Waals surface area contributed by atoms with Crippen LogP contribution < -0.4 is 9.80 Å². The average Bonchev–Trinajstić information content (AvgIpc) is 3.39. The average molecular weight is 399 g/mol. The molecule has 0 saturated carbocycles. The van der Waals surface area contributed by atoms with E-state index in [1.165, 1.54) is 18.4 Å². The Morgan fingerprint density at radius 1 is 1.21 bits per heavy atom. The molecule has 0 aliphatic carbocycles. The number of H-pyrrole nitrogens is 1. The maximum atomic E-state index is 12.6. The number of benzene rings is 1. The van der Waals surface area contributed by atoms with Crippen LogP contribution in [0, 0.1) is 0 Å². The summed E-state index contributed by atoms with van der Waals surface area (Å²) in [4.78, 5) is 35.0. The van der Waals surface area contributed by atoms with Crippen molar-refractivity contribution < 1.29 is 14.3 Å². The van der Waals surface area contributed by atoms with Crippen molar-refractivity contribution in [2.45, 2.75) is 51.5 Å². The second-order valence-electron chi connectivity index (χ2n) is 7.50. The molecule has 1 aromatic carbocycles. The number of rotatable bonds is 10. The van der Waals surface area contributed by atoms with Crippen molar-refractivity contribution in [2.24, 2.45) is 0 Å². The molecule has 0 unspecified atom stereocenters. The Bertz CT molecular complexity index is 819. The molecule has 7 nitrogen and oxygen atoms in total. The lowest BCUT2D eigenvalue weighted by Gasteiger charge is -2.22. The number of ether oxygens (including phenoxy) is 1. The van der Waals surface area contributed by atoms with E-state index in [9.17, 15) is 9.59 Å². The zero-order valence-corrected chi connectivity index (χ0v) is 17.3. The fourth-order valence-corrected chi connectivity index (χ4v) is 3.70. The summed E-state index contributed by atoms with van der Waals surface area (Å²) in [6.45, 7) is 1.76. The first kappa shape index (κ1) is 20.9. The third-order valence-electron chi connectivity index (χ3n) is 5.49. The van der Waals surface area contributed by atoms with Crippen molar-refractivity contribution >= 4 is 23.3 Å². The fourth-order valence-electron chi connectivity index (χ4n) is 3.70. The number of carbonyl (C=O) groups excluding carboxylic acids is 2. The normalized spacial score (nSPS) is 12.7. The molecule has 0 saturated heterocycles. The number of nitrogens with one attached hydrogen (secondary N) is 1. The van der Waals surface area contributed by atoms with Crippen molar-refractivity contribution in [3.63, 3.8) is 0 Å². The van der Waals surface area contributed by atoms with Gasteiger partial charge in [-0.3, -0.25) is 9.59 Å². The van der Waals surface area contributed by atoms with Crippen LogP contribution >= 0.6 is 0 Å². The van der Waals surface area contributed by atoms with E-state index in [2.05, 4.69) is 31.7 Å². The number of carbonyl (C=O) groups is 2. The molecule has 0 atom stereocenters. The summed E-state index contributed by atoms with van der Waals surface area (Å²) in [5, 5.41) is 0. The lowest BCUT2D eigenvalue weighted by Crippen LogP contribution is -2.26. The molecule has 7 heteroatoms. The van der Waals surface area contributed by atoms with Crippen LogP contribution in [-0.2, 0) is 27.3 Å². The molecular weight excluding hydrogens is 368 g/mol. The molecule has 1 aliphatic rings. The van der Waals surface area contributed by atoms with Crippen LogP contribution in [0.3, 0.4) is 0 Å². The van der Waals surface area contributed by atoms with Gasteiger partial charge in [-0.25, -0.2) is 4.98 Å². The van der Waals surface area contributed by atoms with Gasteiger partial charge in [-0.05, 0) is 37.0 Å². The standard InChI is InChI=1S/C22H30N4O3/c1-25(21(27)7-5-3-4-6-8-22(28)29-2)19-10-9-17-11-12-26(20(17)13-19)15-18-14-23-16-24-18/h9-10,13-14,16H,3-8,11-12,15H2,1-2H3,(H,23,24). The van der Waals surface area contributed by atoms with E-state index in [-0.39, 0.29) is 11.9 Å². The summed E-state index contributed by atoms with van der Waals surface area (Å²) in [7, 11) is 3.25. The molecule has 3 rings (SSSR count). The summed E-state index contributed by atoms with van der Waals surface area (Å²) in [6.07, 6.45) is 9.07. The Morgan fingerprint density at radius 3 is 2.72 bits per heavy atom. The van der Waals surface area contributed by atoms with Gasteiger partial charge in [0.05, 0.1) is 25.7 Å². The molecule has 0 radical (unpaired) electrons. The van der Waals surface area contributed by atoms with Crippen LogP contribution in [0.1, 0.15) is 49.8 Å². The van der Waals surface area contributed by atoms with E-state index in [0.717, 1.165) is 56.6 Å². The SMILES string of the molecule is COC(=O)CCCCCCC(=O)N(C)c1ccc2c(c1)N(Cc1cnc[nH]1)CC2. The zero-order valence-electron chi connectivity index (χ0n) is 17.3. The van der Waals surface area contributed by atoms with Gasteiger partial charge in [0.25, 0.3) is 0 Å². The minimum absolute atomic E-state index is 0.121. The smallest absolute Gasteiger partial charge is 0.305 e. The number of methoxy groups -OCH3 is 1. The maximum Gasteiger partial charge on any atom is 0.305 e. The van der Waals surface area contributed by atoms with Crippen LogP contribution in [0.4, 0.5) is 11.4 Å². The van der Waals surface area contributed by atoms with Gasteiger partial charge in [0, 0.05) is 44.0 Å². The molecular formula is C22H30N4O3. The molecule has 2 aromatic rings. The number of amides is 1. The number of fused-ring (bicyclic) bond motifs is 1. The first-order chi connectivity index (χ1) is 14.1.